The van der Waals surface area contributed by atoms with Crippen molar-refractivity contribution in [3.63, 3.8) is 0 Å². The Balaban J connectivity index is 1.17. The fourth-order valence-corrected chi connectivity index (χ4v) is 7.04. The van der Waals surface area contributed by atoms with Crippen molar-refractivity contribution in [2.45, 2.75) is 71.4 Å². The lowest BCUT2D eigenvalue weighted by molar-refractivity contribution is -0.112. The van der Waals surface area contributed by atoms with Crippen LogP contribution in [0.15, 0.2) is 83.9 Å². The lowest BCUT2D eigenvalue weighted by Crippen LogP contribution is -2.36. The van der Waals surface area contributed by atoms with Crippen LogP contribution in [0.2, 0.25) is 0 Å². The average molecular weight is 681 g/mol. The molecule has 8 nitrogen and oxygen atoms in total. The van der Waals surface area contributed by atoms with Crippen LogP contribution in [0.1, 0.15) is 62.1 Å². The summed E-state index contributed by atoms with van der Waals surface area (Å²) in [5.74, 6) is 0.701. The van der Waals surface area contributed by atoms with Gasteiger partial charge in [-0.3, -0.25) is 9.69 Å². The maximum Gasteiger partial charge on any atom is 0.251 e. The standard InChI is InChI=1S/C40H48N4O4S/c1-4-5-21-47-29(2)48-37-13-8-31(9-14-37)32-10-15-38-34(25-32)26-33(16-20-44(38)28-39-41-19-24-49-39)40(45)42-35-11-6-30(7-12-35)27-43(3)36-17-22-46-23-18-36/h6-15,19,24-26,29,36H,4-5,16-18,20-23,27-28H2,1-3H3,(H,42,45). The van der Waals surface area contributed by atoms with Gasteiger partial charge in [0.15, 0.2) is 6.29 Å². The lowest BCUT2D eigenvalue weighted by Gasteiger charge is -2.31. The van der Waals surface area contributed by atoms with Crippen molar-refractivity contribution in [1.29, 1.82) is 0 Å². The molecule has 2 aliphatic heterocycles. The van der Waals surface area contributed by atoms with Gasteiger partial charge in [-0.1, -0.05) is 43.7 Å². The number of nitrogens with zero attached hydrogens (tertiary/aromatic N) is 3. The smallest absolute Gasteiger partial charge is 0.251 e. The Kier molecular flexibility index (Phi) is 12.1. The summed E-state index contributed by atoms with van der Waals surface area (Å²) in [5, 5.41) is 6.23. The summed E-state index contributed by atoms with van der Waals surface area (Å²) in [7, 11) is 2.18. The molecule has 258 valence electrons. The number of amides is 1. The molecule has 9 heteroatoms. The first-order valence-corrected chi connectivity index (χ1v) is 18.4. The summed E-state index contributed by atoms with van der Waals surface area (Å²) in [6, 6.07) is 23.4. The van der Waals surface area contributed by atoms with E-state index in [1.54, 1.807) is 11.3 Å². The summed E-state index contributed by atoms with van der Waals surface area (Å²) in [6.07, 6.45) is 8.48. The van der Waals surface area contributed by atoms with Gasteiger partial charge in [-0.15, -0.1) is 11.3 Å². The Morgan fingerprint density at radius 3 is 2.59 bits per heavy atom. The number of hydrogen-bond acceptors (Lipinski definition) is 8. The highest BCUT2D eigenvalue weighted by Crippen LogP contribution is 2.34. The highest BCUT2D eigenvalue weighted by Gasteiger charge is 2.22. The minimum atomic E-state index is -0.301. The first kappa shape index (κ1) is 34.8. The van der Waals surface area contributed by atoms with Crippen LogP contribution in [0.4, 0.5) is 11.4 Å². The zero-order valence-corrected chi connectivity index (χ0v) is 29.7. The van der Waals surface area contributed by atoms with E-state index in [0.717, 1.165) is 89.8 Å². The van der Waals surface area contributed by atoms with E-state index < -0.39 is 0 Å². The quantitative estimate of drug-likeness (QED) is 0.106. The third-order valence-corrected chi connectivity index (χ3v) is 10.0. The number of fused-ring (bicyclic) bond motifs is 1. The highest BCUT2D eigenvalue weighted by atomic mass is 32.1. The molecule has 3 aromatic carbocycles. The number of benzene rings is 3. The molecule has 1 N–H and O–H groups in total. The van der Waals surface area contributed by atoms with Gasteiger partial charge >= 0.3 is 0 Å². The molecule has 4 aromatic rings. The van der Waals surface area contributed by atoms with E-state index in [4.69, 9.17) is 14.2 Å². The minimum Gasteiger partial charge on any atom is -0.465 e. The number of thiazole rings is 1. The van der Waals surface area contributed by atoms with Crippen molar-refractivity contribution in [3.05, 3.63) is 100 Å². The highest BCUT2D eigenvalue weighted by molar-refractivity contribution is 7.09. The number of ether oxygens (including phenoxy) is 3. The van der Waals surface area contributed by atoms with Crippen molar-refractivity contribution < 1.29 is 19.0 Å². The van der Waals surface area contributed by atoms with Gasteiger partial charge in [0.05, 0.1) is 13.2 Å². The van der Waals surface area contributed by atoms with E-state index in [-0.39, 0.29) is 12.2 Å². The zero-order valence-electron chi connectivity index (χ0n) is 28.9. The molecule has 1 fully saturated rings. The largest absolute Gasteiger partial charge is 0.465 e. The van der Waals surface area contributed by atoms with Gasteiger partial charge in [0.1, 0.15) is 10.8 Å². The van der Waals surface area contributed by atoms with Gasteiger partial charge in [-0.05, 0) is 104 Å². The number of unbranched alkanes of at least 4 members (excludes halogenated alkanes) is 1. The van der Waals surface area contributed by atoms with Crippen LogP contribution in [0.5, 0.6) is 5.75 Å². The van der Waals surface area contributed by atoms with E-state index >= 15 is 0 Å². The fraction of sp³-hybridized carbons (Fsp3) is 0.400. The van der Waals surface area contributed by atoms with Crippen molar-refractivity contribution in [3.8, 4) is 16.9 Å². The van der Waals surface area contributed by atoms with Crippen LogP contribution in [-0.4, -0.2) is 61.5 Å². The lowest BCUT2D eigenvalue weighted by atomic mass is 10.00. The first-order chi connectivity index (χ1) is 23.9. The average Bonchev–Trinajstić information content (AvgIpc) is 3.57. The Hall–Kier alpha value is -4.02. The molecule has 2 aliphatic rings. The van der Waals surface area contributed by atoms with Gasteiger partial charge in [0.2, 0.25) is 0 Å². The number of rotatable bonds is 14. The summed E-state index contributed by atoms with van der Waals surface area (Å²) >= 11 is 1.65. The molecular formula is C40H48N4O4S. The van der Waals surface area contributed by atoms with Crippen LogP contribution >= 0.6 is 11.3 Å². The predicted octanol–water partition coefficient (Wildman–Crippen LogP) is 8.39. The molecule has 0 spiro atoms. The molecular weight excluding hydrogens is 633 g/mol. The monoisotopic (exact) mass is 680 g/mol. The van der Waals surface area contributed by atoms with Gasteiger partial charge in [0, 0.05) is 60.9 Å². The summed E-state index contributed by atoms with van der Waals surface area (Å²) in [6.45, 7) is 8.72. The molecule has 6 rings (SSSR count). The molecule has 1 aromatic heterocycles. The number of carbonyl (C=O) groups excluding carboxylic acids is 1. The Morgan fingerprint density at radius 2 is 1.86 bits per heavy atom. The molecule has 0 aliphatic carbocycles. The van der Waals surface area contributed by atoms with E-state index in [0.29, 0.717) is 32.2 Å². The van der Waals surface area contributed by atoms with E-state index in [1.807, 2.05) is 42.8 Å². The van der Waals surface area contributed by atoms with Crippen LogP contribution in [0, 0.1) is 0 Å². The Labute approximate surface area is 294 Å². The van der Waals surface area contributed by atoms with Crippen molar-refractivity contribution in [1.82, 2.24) is 9.88 Å². The van der Waals surface area contributed by atoms with E-state index in [2.05, 4.69) is 82.6 Å². The van der Waals surface area contributed by atoms with Crippen LogP contribution in [0.25, 0.3) is 17.2 Å². The topological polar surface area (TPSA) is 76.2 Å². The molecule has 1 saturated heterocycles. The second-order valence-corrected chi connectivity index (χ2v) is 13.9. The maximum absolute atomic E-state index is 13.7. The third kappa shape index (κ3) is 9.57. The summed E-state index contributed by atoms with van der Waals surface area (Å²) in [5.41, 5.74) is 7.05. The van der Waals surface area contributed by atoms with E-state index in [1.165, 1.54) is 5.56 Å². The molecule has 1 unspecified atom stereocenters. The Morgan fingerprint density at radius 1 is 1.08 bits per heavy atom. The second kappa shape index (κ2) is 17.1. The maximum atomic E-state index is 13.7. The van der Waals surface area contributed by atoms with Crippen molar-refractivity contribution in [2.75, 3.05) is 43.6 Å². The predicted molar refractivity (Wildman–Crippen MR) is 199 cm³/mol. The van der Waals surface area contributed by atoms with Crippen LogP contribution < -0.4 is 15.0 Å². The third-order valence-electron chi connectivity index (χ3n) is 9.25. The van der Waals surface area contributed by atoms with Gasteiger partial charge in [-0.2, -0.15) is 0 Å². The van der Waals surface area contributed by atoms with Crippen LogP contribution in [-0.2, 0) is 27.4 Å². The number of nitrogens with one attached hydrogen (secondary N) is 1. The number of aromatic nitrogens is 1. The molecule has 3 heterocycles. The molecule has 1 atom stereocenters. The fourth-order valence-electron chi connectivity index (χ4n) is 6.40. The molecule has 0 radical (unpaired) electrons. The molecule has 0 saturated carbocycles. The second-order valence-electron chi connectivity index (χ2n) is 12.9. The van der Waals surface area contributed by atoms with Crippen LogP contribution in [0.3, 0.4) is 0 Å². The van der Waals surface area contributed by atoms with Gasteiger partial charge in [0.25, 0.3) is 5.91 Å². The molecule has 1 amide bonds. The minimum absolute atomic E-state index is 0.0729. The number of anilines is 2. The number of hydrogen-bond donors (Lipinski definition) is 1. The molecule has 0 bridgehead atoms. The molecule has 49 heavy (non-hydrogen) atoms. The van der Waals surface area contributed by atoms with E-state index in [9.17, 15) is 4.79 Å². The van der Waals surface area contributed by atoms with Crippen molar-refractivity contribution in [2.24, 2.45) is 0 Å². The normalized spacial score (nSPS) is 15.8. The SMILES string of the molecule is CCCCOC(C)Oc1ccc(-c2ccc3c(c2)C=C(C(=O)Nc2ccc(CN(C)C4CCOCC4)cc2)CCN3Cc2nccs2)cc1. The first-order valence-electron chi connectivity index (χ1n) is 17.5. The van der Waals surface area contributed by atoms with Crippen molar-refractivity contribution >= 4 is 34.7 Å². The summed E-state index contributed by atoms with van der Waals surface area (Å²) < 4.78 is 17.2. The number of carbonyl (C=O) groups is 1. The van der Waals surface area contributed by atoms with Gasteiger partial charge in [-0.25, -0.2) is 4.98 Å². The Bertz CT molecular complexity index is 1670. The van der Waals surface area contributed by atoms with Gasteiger partial charge < -0.3 is 24.4 Å². The summed E-state index contributed by atoms with van der Waals surface area (Å²) in [4.78, 5) is 23.0. The zero-order chi connectivity index (χ0) is 34.0.